The lowest BCUT2D eigenvalue weighted by atomic mass is 10.3. The van der Waals surface area contributed by atoms with E-state index in [0.717, 1.165) is 22.0 Å². The Bertz CT molecular complexity index is 768. The lowest BCUT2D eigenvalue weighted by Crippen LogP contribution is -1.89. The molecule has 100 valence electrons. The van der Waals surface area contributed by atoms with Crippen molar-refractivity contribution in [2.75, 3.05) is 0 Å². The predicted octanol–water partition coefficient (Wildman–Crippen LogP) is 4.37. The summed E-state index contributed by atoms with van der Waals surface area (Å²) in [5.41, 5.74) is 0.726. The van der Waals surface area contributed by atoms with Crippen molar-refractivity contribution in [3.8, 4) is 0 Å². The largest absolute Gasteiger partial charge is 0.349 e. The fraction of sp³-hybridized carbons (Fsp3) is 0. The first-order valence-corrected chi connectivity index (χ1v) is 6.64. The van der Waals surface area contributed by atoms with E-state index in [1.54, 1.807) is 0 Å². The summed E-state index contributed by atoms with van der Waals surface area (Å²) in [6.45, 7) is 0. The maximum absolute atomic E-state index is 13.4. The molecular formula is C14H9FN2O2S. The van der Waals surface area contributed by atoms with Gasteiger partial charge in [-0.25, -0.2) is 4.39 Å². The quantitative estimate of drug-likeness (QED) is 0.575. The van der Waals surface area contributed by atoms with Crippen molar-refractivity contribution in [3.63, 3.8) is 0 Å². The van der Waals surface area contributed by atoms with E-state index in [1.807, 2.05) is 30.3 Å². The highest BCUT2D eigenvalue weighted by Crippen LogP contribution is 2.32. The average molecular weight is 288 g/mol. The summed E-state index contributed by atoms with van der Waals surface area (Å²) in [6.07, 6.45) is 0. The second kappa shape index (κ2) is 4.97. The van der Waals surface area contributed by atoms with Gasteiger partial charge >= 0.3 is 0 Å². The third-order valence-electron chi connectivity index (χ3n) is 2.80. The number of aromatic amines is 1. The first-order chi connectivity index (χ1) is 9.61. The van der Waals surface area contributed by atoms with Crippen molar-refractivity contribution in [3.05, 3.63) is 64.5 Å². The van der Waals surface area contributed by atoms with Crippen LogP contribution in [0.1, 0.15) is 0 Å². The third kappa shape index (κ3) is 2.50. The number of hydrogen-bond donors (Lipinski definition) is 1. The zero-order valence-corrected chi connectivity index (χ0v) is 11.0. The van der Waals surface area contributed by atoms with E-state index in [9.17, 15) is 14.5 Å². The summed E-state index contributed by atoms with van der Waals surface area (Å²) < 4.78 is 13.4. The topological polar surface area (TPSA) is 58.9 Å². The van der Waals surface area contributed by atoms with Crippen molar-refractivity contribution in [1.29, 1.82) is 0 Å². The number of para-hydroxylation sites is 1. The van der Waals surface area contributed by atoms with Crippen molar-refractivity contribution in [1.82, 2.24) is 4.98 Å². The van der Waals surface area contributed by atoms with Gasteiger partial charge in [-0.2, -0.15) is 0 Å². The Kier molecular flexibility index (Phi) is 3.15. The first kappa shape index (κ1) is 12.7. The molecule has 1 heterocycles. The number of nitro groups is 1. The highest BCUT2D eigenvalue weighted by Gasteiger charge is 2.11. The number of halogens is 1. The maximum atomic E-state index is 13.4. The van der Waals surface area contributed by atoms with Crippen LogP contribution in [0.5, 0.6) is 0 Å². The number of nitrogens with one attached hydrogen (secondary N) is 1. The van der Waals surface area contributed by atoms with Gasteiger partial charge in [-0.05, 0) is 18.2 Å². The van der Waals surface area contributed by atoms with Gasteiger partial charge in [0.1, 0.15) is 5.82 Å². The van der Waals surface area contributed by atoms with Crippen LogP contribution in [0.3, 0.4) is 0 Å². The van der Waals surface area contributed by atoms with E-state index >= 15 is 0 Å². The minimum absolute atomic E-state index is 0.247. The normalized spacial score (nSPS) is 10.8. The van der Waals surface area contributed by atoms with E-state index in [1.165, 1.54) is 23.9 Å². The SMILES string of the molecule is O=[N+]([O-])c1cc(F)cc(Sc2cc3ccccc3[nH]2)c1. The molecule has 0 unspecified atom stereocenters. The van der Waals surface area contributed by atoms with Crippen LogP contribution in [0.2, 0.25) is 0 Å². The average Bonchev–Trinajstić information content (AvgIpc) is 2.79. The fourth-order valence-electron chi connectivity index (χ4n) is 1.94. The van der Waals surface area contributed by atoms with E-state index in [0.29, 0.717) is 4.90 Å². The number of aromatic nitrogens is 1. The van der Waals surface area contributed by atoms with Crippen molar-refractivity contribution in [2.45, 2.75) is 9.92 Å². The molecule has 0 aliphatic carbocycles. The number of hydrogen-bond acceptors (Lipinski definition) is 3. The lowest BCUT2D eigenvalue weighted by Gasteiger charge is -1.99. The van der Waals surface area contributed by atoms with Gasteiger partial charge in [0.2, 0.25) is 0 Å². The summed E-state index contributed by atoms with van der Waals surface area (Å²) in [5.74, 6) is -0.613. The fourth-order valence-corrected chi connectivity index (χ4v) is 2.89. The second-order valence-corrected chi connectivity index (χ2v) is 5.34. The summed E-state index contributed by atoms with van der Waals surface area (Å²) in [7, 11) is 0. The van der Waals surface area contributed by atoms with Crippen LogP contribution in [-0.4, -0.2) is 9.91 Å². The van der Waals surface area contributed by atoms with E-state index in [-0.39, 0.29) is 5.69 Å². The molecule has 3 rings (SSSR count). The minimum Gasteiger partial charge on any atom is -0.349 e. The highest BCUT2D eigenvalue weighted by atomic mass is 32.2. The van der Waals surface area contributed by atoms with Gasteiger partial charge in [-0.3, -0.25) is 10.1 Å². The van der Waals surface area contributed by atoms with Gasteiger partial charge in [0, 0.05) is 21.9 Å². The molecule has 2 aromatic carbocycles. The maximum Gasteiger partial charge on any atom is 0.273 e. The van der Waals surface area contributed by atoms with Gasteiger partial charge in [0.05, 0.1) is 16.0 Å². The van der Waals surface area contributed by atoms with Gasteiger partial charge in [0.25, 0.3) is 5.69 Å². The molecule has 0 bridgehead atoms. The molecule has 0 saturated carbocycles. The standard InChI is InChI=1S/C14H9FN2O2S/c15-10-6-11(17(18)19)8-12(7-10)20-14-5-9-3-1-2-4-13(9)16-14/h1-8,16H. The molecule has 0 atom stereocenters. The van der Waals surface area contributed by atoms with E-state index < -0.39 is 10.7 Å². The minimum atomic E-state index is -0.613. The molecule has 0 spiro atoms. The second-order valence-electron chi connectivity index (χ2n) is 4.23. The zero-order valence-electron chi connectivity index (χ0n) is 10.2. The number of nitrogens with zero attached hydrogens (tertiary/aromatic N) is 1. The third-order valence-corrected chi connectivity index (χ3v) is 3.71. The zero-order chi connectivity index (χ0) is 14.1. The Morgan fingerprint density at radius 3 is 2.70 bits per heavy atom. The summed E-state index contributed by atoms with van der Waals surface area (Å²) >= 11 is 1.26. The first-order valence-electron chi connectivity index (χ1n) is 5.82. The van der Waals surface area contributed by atoms with Gasteiger partial charge in [-0.15, -0.1) is 0 Å². The van der Waals surface area contributed by atoms with Crippen LogP contribution in [0.4, 0.5) is 10.1 Å². The smallest absolute Gasteiger partial charge is 0.273 e. The lowest BCUT2D eigenvalue weighted by molar-refractivity contribution is -0.385. The van der Waals surface area contributed by atoms with Crippen LogP contribution in [0, 0.1) is 15.9 Å². The molecule has 0 fully saturated rings. The van der Waals surface area contributed by atoms with Crippen molar-refractivity contribution in [2.24, 2.45) is 0 Å². The molecule has 4 nitrogen and oxygen atoms in total. The summed E-state index contributed by atoms with van der Waals surface area (Å²) in [6, 6.07) is 13.2. The number of nitro benzene ring substituents is 1. The number of fused-ring (bicyclic) bond motifs is 1. The van der Waals surface area contributed by atoms with Crippen molar-refractivity contribution < 1.29 is 9.31 Å². The van der Waals surface area contributed by atoms with Crippen molar-refractivity contribution >= 4 is 28.4 Å². The van der Waals surface area contributed by atoms with Crippen LogP contribution >= 0.6 is 11.8 Å². The number of H-pyrrole nitrogens is 1. The molecule has 0 saturated heterocycles. The Morgan fingerprint density at radius 2 is 1.95 bits per heavy atom. The Morgan fingerprint density at radius 1 is 1.15 bits per heavy atom. The van der Waals surface area contributed by atoms with Crippen LogP contribution in [-0.2, 0) is 0 Å². The highest BCUT2D eigenvalue weighted by molar-refractivity contribution is 7.99. The number of benzene rings is 2. The Balaban J connectivity index is 1.96. The molecule has 0 aliphatic heterocycles. The molecule has 6 heteroatoms. The monoisotopic (exact) mass is 288 g/mol. The van der Waals surface area contributed by atoms with Gasteiger partial charge < -0.3 is 4.98 Å². The molecule has 0 amide bonds. The Labute approximate surface area is 117 Å². The van der Waals surface area contributed by atoms with Crippen LogP contribution in [0.25, 0.3) is 10.9 Å². The number of non-ortho nitro benzene ring substituents is 1. The van der Waals surface area contributed by atoms with E-state index in [4.69, 9.17) is 0 Å². The predicted molar refractivity (Wildman–Crippen MR) is 75.5 cm³/mol. The van der Waals surface area contributed by atoms with Gasteiger partial charge in [-0.1, -0.05) is 30.0 Å². The number of rotatable bonds is 3. The molecule has 1 N–H and O–H groups in total. The molecule has 20 heavy (non-hydrogen) atoms. The van der Waals surface area contributed by atoms with Gasteiger partial charge in [0.15, 0.2) is 0 Å². The van der Waals surface area contributed by atoms with Crippen LogP contribution < -0.4 is 0 Å². The summed E-state index contributed by atoms with van der Waals surface area (Å²) in [4.78, 5) is 13.8. The molecule has 0 radical (unpaired) electrons. The Hall–Kier alpha value is -2.34. The molecule has 1 aromatic heterocycles. The van der Waals surface area contributed by atoms with Crippen LogP contribution in [0.15, 0.2) is 58.5 Å². The summed E-state index contributed by atoms with van der Waals surface area (Å²) in [5, 5.41) is 12.6. The molecular weight excluding hydrogens is 279 g/mol. The molecule has 0 aliphatic rings. The molecule has 3 aromatic rings. The van der Waals surface area contributed by atoms with E-state index in [2.05, 4.69) is 4.98 Å².